The molecule has 40 heavy (non-hydrogen) atoms. The van der Waals surface area contributed by atoms with Crippen LogP contribution in [-0.2, 0) is 17.9 Å². The molecule has 0 N–H and O–H groups in total. The Kier molecular flexibility index (Phi) is 26.3. The Hall–Kier alpha value is 0.540. The van der Waals surface area contributed by atoms with Gasteiger partial charge in [0.05, 0.1) is 0 Å². The molecule has 244 valence electrons. The van der Waals surface area contributed by atoms with Crippen molar-refractivity contribution in [1.29, 1.82) is 0 Å². The van der Waals surface area contributed by atoms with E-state index in [4.69, 9.17) is 13.4 Å². The summed E-state index contributed by atoms with van der Waals surface area (Å²) in [5.41, 5.74) is 0. The molecule has 6 heteroatoms. The molecule has 0 spiro atoms. The molecular formula is C34H74O4P2. The molecule has 4 nitrogen and oxygen atoms in total. The molecule has 0 heterocycles. The number of hydrogen-bond acceptors (Lipinski definition) is 4. The van der Waals surface area contributed by atoms with Gasteiger partial charge in [-0.25, -0.2) is 0 Å². The Morgan fingerprint density at radius 2 is 0.625 bits per heavy atom. The van der Waals surface area contributed by atoms with Crippen molar-refractivity contribution >= 4 is 14.7 Å². The van der Waals surface area contributed by atoms with Crippen molar-refractivity contribution in [2.24, 2.45) is 0 Å². The minimum atomic E-state index is -3.56. The zero-order chi connectivity index (χ0) is 29.9. The SMILES string of the molecule is CCCCCCCCCCCCCCP(CCCCCC)(CCCCCC)(CCCCCC)OP(=O)(OC)OC. The first kappa shape index (κ1) is 40.5. The Morgan fingerprint density at radius 3 is 0.875 bits per heavy atom. The van der Waals surface area contributed by atoms with Crippen LogP contribution in [0.4, 0.5) is 0 Å². The maximum atomic E-state index is 13.7. The van der Waals surface area contributed by atoms with Gasteiger partial charge < -0.3 is 0 Å². The van der Waals surface area contributed by atoms with Gasteiger partial charge in [0.1, 0.15) is 0 Å². The van der Waals surface area contributed by atoms with E-state index in [-0.39, 0.29) is 0 Å². The standard InChI is InChI=1S/C34H74O4P2/c1-7-11-15-19-20-21-22-23-24-25-26-30-34-40(31-27-16-12-8-2,32-28-17-13-9-3,33-29-18-14-10-4)38-39(35,36-5)37-6/h7-34H2,1-6H3. The van der Waals surface area contributed by atoms with E-state index in [0.29, 0.717) is 0 Å². The van der Waals surface area contributed by atoms with Gasteiger partial charge in [0.2, 0.25) is 0 Å². The van der Waals surface area contributed by atoms with Crippen LogP contribution in [0.5, 0.6) is 0 Å². The van der Waals surface area contributed by atoms with E-state index in [1.54, 1.807) is 0 Å². The van der Waals surface area contributed by atoms with Gasteiger partial charge in [-0.1, -0.05) is 13.3 Å². The van der Waals surface area contributed by atoms with Crippen molar-refractivity contribution < 1.29 is 17.9 Å². The topological polar surface area (TPSA) is 44.8 Å². The summed E-state index contributed by atoms with van der Waals surface area (Å²) >= 11 is 0. The van der Waals surface area contributed by atoms with Gasteiger partial charge in [-0.05, 0) is 0 Å². The number of rotatable bonds is 32. The van der Waals surface area contributed by atoms with Crippen LogP contribution in [0.15, 0.2) is 0 Å². The van der Waals surface area contributed by atoms with Crippen LogP contribution >= 0.6 is 14.7 Å². The maximum absolute atomic E-state index is 13.7. The zero-order valence-electron chi connectivity index (χ0n) is 28.3. The molecule has 0 radical (unpaired) electrons. The van der Waals surface area contributed by atoms with Gasteiger partial charge >= 0.3 is 240 Å². The van der Waals surface area contributed by atoms with E-state index in [0.717, 1.165) is 24.6 Å². The van der Waals surface area contributed by atoms with Crippen LogP contribution in [0.2, 0.25) is 0 Å². The number of hydrogen-bond donors (Lipinski definition) is 0. The molecular weight excluding hydrogens is 534 g/mol. The van der Waals surface area contributed by atoms with Crippen LogP contribution in [0, 0.1) is 0 Å². The van der Waals surface area contributed by atoms with Gasteiger partial charge in [0.25, 0.3) is 0 Å². The third kappa shape index (κ3) is 18.9. The van der Waals surface area contributed by atoms with Crippen LogP contribution in [0.3, 0.4) is 0 Å². The third-order valence-corrected chi connectivity index (χ3v) is 18.4. The number of phosphoric acid groups is 1. The van der Waals surface area contributed by atoms with Crippen molar-refractivity contribution in [2.45, 2.75) is 182 Å². The quantitative estimate of drug-likeness (QED) is 0.0563. The average molecular weight is 609 g/mol. The van der Waals surface area contributed by atoms with Crippen molar-refractivity contribution in [3.63, 3.8) is 0 Å². The molecule has 0 aliphatic rings. The molecule has 0 aliphatic heterocycles. The summed E-state index contributed by atoms with van der Waals surface area (Å²) in [5.74, 6) is 0. The Labute approximate surface area is 252 Å². The first-order valence-corrected chi connectivity index (χ1v) is 22.2. The second-order valence-electron chi connectivity index (χ2n) is 12.7. The molecule has 0 atom stereocenters. The summed E-state index contributed by atoms with van der Waals surface area (Å²) < 4.78 is 31.7. The van der Waals surface area contributed by atoms with Crippen LogP contribution in [0.1, 0.15) is 182 Å². The molecule has 0 fully saturated rings. The Bertz CT molecular complexity index is 556. The summed E-state index contributed by atoms with van der Waals surface area (Å²) in [6, 6.07) is 0. The molecule has 0 rings (SSSR count). The van der Waals surface area contributed by atoms with Crippen molar-refractivity contribution in [3.05, 3.63) is 0 Å². The molecule has 0 saturated carbocycles. The Balaban J connectivity index is 5.52. The van der Waals surface area contributed by atoms with Crippen LogP contribution < -0.4 is 0 Å². The van der Waals surface area contributed by atoms with E-state index in [9.17, 15) is 4.57 Å². The van der Waals surface area contributed by atoms with Crippen LogP contribution in [0.25, 0.3) is 0 Å². The number of unbranched alkanes of at least 4 members (excludes halogenated alkanes) is 20. The van der Waals surface area contributed by atoms with E-state index in [1.165, 1.54) is 168 Å². The molecule has 0 aromatic heterocycles. The van der Waals surface area contributed by atoms with E-state index in [2.05, 4.69) is 27.7 Å². The van der Waals surface area contributed by atoms with Crippen molar-refractivity contribution in [1.82, 2.24) is 0 Å². The zero-order valence-corrected chi connectivity index (χ0v) is 30.1. The fourth-order valence-corrected chi connectivity index (χ4v) is 16.1. The first-order valence-electron chi connectivity index (χ1n) is 17.8. The molecule has 0 bridgehead atoms. The second-order valence-corrected chi connectivity index (χ2v) is 20.5. The first-order chi connectivity index (χ1) is 19.4. The summed E-state index contributed by atoms with van der Waals surface area (Å²) in [5, 5.41) is 0. The van der Waals surface area contributed by atoms with Gasteiger partial charge in [-0.15, -0.1) is 0 Å². The summed E-state index contributed by atoms with van der Waals surface area (Å²) in [6.07, 6.45) is 35.4. The minimum absolute atomic E-state index is 1.10. The van der Waals surface area contributed by atoms with Gasteiger partial charge in [0.15, 0.2) is 0 Å². The molecule has 0 amide bonds. The van der Waals surface area contributed by atoms with Crippen molar-refractivity contribution in [2.75, 3.05) is 38.9 Å². The fourth-order valence-electron chi connectivity index (χ4n) is 6.43. The molecule has 0 aromatic rings. The van der Waals surface area contributed by atoms with E-state index >= 15 is 0 Å². The summed E-state index contributed by atoms with van der Waals surface area (Å²) in [7, 11) is -0.552. The molecule has 0 aliphatic carbocycles. The van der Waals surface area contributed by atoms with Crippen molar-refractivity contribution in [3.8, 4) is 0 Å². The Morgan fingerprint density at radius 1 is 0.400 bits per heavy atom. The van der Waals surface area contributed by atoms with Gasteiger partial charge in [0, 0.05) is 0 Å². The monoisotopic (exact) mass is 609 g/mol. The summed E-state index contributed by atoms with van der Waals surface area (Å²) in [6.45, 7) is 6.34. The molecule has 0 saturated heterocycles. The average Bonchev–Trinajstić information content (AvgIpc) is 2.97. The predicted octanol–water partition coefficient (Wildman–Crippen LogP) is 13.3. The second kappa shape index (κ2) is 26.0. The van der Waals surface area contributed by atoms with Gasteiger partial charge in [-0.3, -0.25) is 0 Å². The van der Waals surface area contributed by atoms with Crippen LogP contribution in [-0.4, -0.2) is 38.9 Å². The normalized spacial score (nSPS) is 13.5. The summed E-state index contributed by atoms with van der Waals surface area (Å²) in [4.78, 5) is 0. The fraction of sp³-hybridized carbons (Fsp3) is 1.00. The predicted molar refractivity (Wildman–Crippen MR) is 183 cm³/mol. The van der Waals surface area contributed by atoms with E-state index < -0.39 is 14.7 Å². The molecule has 0 unspecified atom stereocenters. The van der Waals surface area contributed by atoms with Gasteiger partial charge in [-0.2, -0.15) is 0 Å². The van der Waals surface area contributed by atoms with E-state index in [1.807, 2.05) is 0 Å². The number of phosphoric ester groups is 1. The molecule has 0 aromatic carbocycles. The third-order valence-electron chi connectivity index (χ3n) is 9.09.